The number of aromatic nitrogens is 1. The Hall–Kier alpha value is -1.92. The van der Waals surface area contributed by atoms with Crippen LogP contribution in [0.25, 0.3) is 10.2 Å². The van der Waals surface area contributed by atoms with Gasteiger partial charge in [-0.05, 0) is 11.4 Å². The van der Waals surface area contributed by atoms with Gasteiger partial charge in [-0.3, -0.25) is 0 Å². The average molecular weight is 304 g/mol. The van der Waals surface area contributed by atoms with Crippen LogP contribution in [0.3, 0.4) is 0 Å². The van der Waals surface area contributed by atoms with Crippen LogP contribution >= 0.6 is 22.7 Å². The van der Waals surface area contributed by atoms with Crippen LogP contribution in [0.2, 0.25) is 0 Å². The lowest BCUT2D eigenvalue weighted by atomic mass is 10.3. The van der Waals surface area contributed by atoms with Gasteiger partial charge in [-0.1, -0.05) is 17.4 Å². The molecule has 0 aliphatic heterocycles. The molecule has 20 heavy (non-hydrogen) atoms. The van der Waals surface area contributed by atoms with E-state index in [0.29, 0.717) is 11.5 Å². The highest BCUT2D eigenvalue weighted by Gasteiger charge is 2.09. The summed E-state index contributed by atoms with van der Waals surface area (Å²) in [6, 6.07) is 7.82. The number of nitrogens with zero attached hydrogens (tertiary/aromatic N) is 2. The summed E-state index contributed by atoms with van der Waals surface area (Å²) in [5, 5.41) is 2.75. The molecule has 0 amide bonds. The summed E-state index contributed by atoms with van der Waals surface area (Å²) in [7, 11) is 3.24. The van der Waals surface area contributed by atoms with Gasteiger partial charge in [-0.2, -0.15) is 0 Å². The number of fused-ring (bicyclic) bond motifs is 1. The van der Waals surface area contributed by atoms with Crippen molar-refractivity contribution in [3.63, 3.8) is 0 Å². The van der Waals surface area contributed by atoms with Crippen LogP contribution in [-0.2, 0) is 0 Å². The maximum atomic E-state index is 5.29. The van der Waals surface area contributed by atoms with Crippen LogP contribution in [0.1, 0.15) is 4.88 Å². The number of hydrogen-bond acceptors (Lipinski definition) is 6. The molecule has 0 saturated heterocycles. The van der Waals surface area contributed by atoms with Gasteiger partial charge in [0, 0.05) is 23.2 Å². The number of aliphatic imine (C=N–C) groups is 1. The predicted molar refractivity (Wildman–Crippen MR) is 84.3 cm³/mol. The van der Waals surface area contributed by atoms with Crippen LogP contribution in [0.5, 0.6) is 11.5 Å². The van der Waals surface area contributed by atoms with Crippen molar-refractivity contribution in [1.29, 1.82) is 0 Å². The molecule has 0 aliphatic rings. The minimum absolute atomic E-state index is 0.680. The smallest absolute Gasteiger partial charge is 0.210 e. The molecule has 0 aliphatic carbocycles. The number of ether oxygens (including phenoxy) is 2. The monoisotopic (exact) mass is 304 g/mol. The van der Waals surface area contributed by atoms with Gasteiger partial charge in [0.2, 0.25) is 5.13 Å². The fraction of sp³-hybridized carbons (Fsp3) is 0.143. The lowest BCUT2D eigenvalue weighted by molar-refractivity contribution is 0.356. The Morgan fingerprint density at radius 3 is 2.70 bits per heavy atom. The van der Waals surface area contributed by atoms with E-state index in [4.69, 9.17) is 9.47 Å². The van der Waals surface area contributed by atoms with Gasteiger partial charge in [0.05, 0.1) is 24.4 Å². The maximum absolute atomic E-state index is 5.29. The van der Waals surface area contributed by atoms with E-state index in [-0.39, 0.29) is 0 Å². The highest BCUT2D eigenvalue weighted by molar-refractivity contribution is 7.22. The fourth-order valence-corrected chi connectivity index (χ4v) is 3.19. The number of rotatable bonds is 4. The van der Waals surface area contributed by atoms with Crippen molar-refractivity contribution in [3.05, 3.63) is 34.5 Å². The molecule has 0 radical (unpaired) electrons. The summed E-state index contributed by atoms with van der Waals surface area (Å²) in [6.07, 6.45) is 1.83. The fourth-order valence-electron chi connectivity index (χ4n) is 1.78. The molecular weight excluding hydrogens is 292 g/mol. The Morgan fingerprint density at radius 1 is 1.20 bits per heavy atom. The molecule has 6 heteroatoms. The number of benzene rings is 1. The molecule has 2 aromatic heterocycles. The van der Waals surface area contributed by atoms with Crippen LogP contribution in [-0.4, -0.2) is 25.4 Å². The zero-order valence-corrected chi connectivity index (χ0v) is 12.6. The molecule has 4 nitrogen and oxygen atoms in total. The van der Waals surface area contributed by atoms with Crippen LogP contribution in [0, 0.1) is 0 Å². The molecule has 3 aromatic rings. The highest BCUT2D eigenvalue weighted by atomic mass is 32.1. The van der Waals surface area contributed by atoms with E-state index < -0.39 is 0 Å². The van der Waals surface area contributed by atoms with E-state index >= 15 is 0 Å². The van der Waals surface area contributed by atoms with Crippen molar-refractivity contribution < 1.29 is 9.47 Å². The summed E-state index contributed by atoms with van der Waals surface area (Å²) in [4.78, 5) is 10.0. The second-order valence-corrected chi connectivity index (χ2v) is 5.93. The first-order valence-corrected chi connectivity index (χ1v) is 7.60. The summed E-state index contributed by atoms with van der Waals surface area (Å²) in [5.41, 5.74) is 0.867. The first-order valence-electron chi connectivity index (χ1n) is 5.90. The predicted octanol–water partition coefficient (Wildman–Crippen LogP) is 4.13. The normalized spacial score (nSPS) is 11.3. The lowest BCUT2D eigenvalue weighted by Crippen LogP contribution is -1.89. The van der Waals surface area contributed by atoms with Crippen molar-refractivity contribution in [2.24, 2.45) is 4.99 Å². The van der Waals surface area contributed by atoms with Crippen LogP contribution < -0.4 is 9.47 Å². The molecular formula is C14H12N2O2S2. The van der Waals surface area contributed by atoms with E-state index in [1.54, 1.807) is 25.6 Å². The third-order valence-electron chi connectivity index (χ3n) is 2.73. The Kier molecular flexibility index (Phi) is 3.66. The summed E-state index contributed by atoms with van der Waals surface area (Å²) in [5.74, 6) is 1.39. The molecule has 0 spiro atoms. The lowest BCUT2D eigenvalue weighted by Gasteiger charge is -2.05. The van der Waals surface area contributed by atoms with E-state index in [0.717, 1.165) is 20.2 Å². The quantitative estimate of drug-likeness (QED) is 0.681. The second-order valence-electron chi connectivity index (χ2n) is 3.94. The van der Waals surface area contributed by atoms with Crippen LogP contribution in [0.15, 0.2) is 34.6 Å². The van der Waals surface area contributed by atoms with Crippen molar-refractivity contribution in [2.45, 2.75) is 0 Å². The van der Waals surface area contributed by atoms with Gasteiger partial charge in [-0.15, -0.1) is 11.3 Å². The van der Waals surface area contributed by atoms with Crippen molar-refractivity contribution in [1.82, 2.24) is 4.98 Å². The van der Waals surface area contributed by atoms with E-state index in [2.05, 4.69) is 9.98 Å². The Bertz CT molecular complexity index is 707. The van der Waals surface area contributed by atoms with Gasteiger partial charge >= 0.3 is 0 Å². The summed E-state index contributed by atoms with van der Waals surface area (Å²) < 4.78 is 11.6. The van der Waals surface area contributed by atoms with Gasteiger partial charge in [0.15, 0.2) is 11.5 Å². The molecule has 102 valence electrons. The first kappa shape index (κ1) is 13.1. The number of thiazole rings is 1. The summed E-state index contributed by atoms with van der Waals surface area (Å²) in [6.45, 7) is 0. The molecule has 0 saturated carbocycles. The Morgan fingerprint density at radius 2 is 2.00 bits per heavy atom. The van der Waals surface area contributed by atoms with Crippen molar-refractivity contribution >= 4 is 44.2 Å². The summed E-state index contributed by atoms with van der Waals surface area (Å²) >= 11 is 3.18. The molecule has 0 atom stereocenters. The Balaban J connectivity index is 1.98. The molecule has 2 heterocycles. The van der Waals surface area contributed by atoms with E-state index in [1.807, 2.05) is 35.9 Å². The second kappa shape index (κ2) is 5.60. The maximum Gasteiger partial charge on any atom is 0.210 e. The molecule has 0 bridgehead atoms. The minimum atomic E-state index is 0.680. The first-order chi connectivity index (χ1) is 9.80. The third-order valence-corrected chi connectivity index (χ3v) is 4.46. The van der Waals surface area contributed by atoms with E-state index in [1.165, 1.54) is 11.3 Å². The zero-order valence-electron chi connectivity index (χ0n) is 11.0. The molecule has 0 unspecified atom stereocenters. The number of hydrogen-bond donors (Lipinski definition) is 0. The topological polar surface area (TPSA) is 43.7 Å². The van der Waals surface area contributed by atoms with Gasteiger partial charge in [-0.25, -0.2) is 9.98 Å². The standard InChI is InChI=1S/C14H12N2O2S2/c1-17-11-6-10-13(7-12(11)18-2)20-14(16-10)15-8-9-4-3-5-19-9/h3-8H,1-2H3/b15-8+. The largest absolute Gasteiger partial charge is 0.493 e. The molecule has 0 N–H and O–H groups in total. The number of thiophene rings is 1. The minimum Gasteiger partial charge on any atom is -0.493 e. The molecule has 1 aromatic carbocycles. The number of methoxy groups -OCH3 is 2. The van der Waals surface area contributed by atoms with Crippen molar-refractivity contribution in [3.8, 4) is 11.5 Å². The highest BCUT2D eigenvalue weighted by Crippen LogP contribution is 2.36. The third kappa shape index (κ3) is 2.52. The van der Waals surface area contributed by atoms with Gasteiger partial charge < -0.3 is 9.47 Å². The average Bonchev–Trinajstić information content (AvgIpc) is 3.11. The molecule has 3 rings (SSSR count). The van der Waals surface area contributed by atoms with Gasteiger partial charge in [0.1, 0.15) is 0 Å². The van der Waals surface area contributed by atoms with E-state index in [9.17, 15) is 0 Å². The van der Waals surface area contributed by atoms with Crippen LogP contribution in [0.4, 0.5) is 5.13 Å². The van der Waals surface area contributed by atoms with Crippen molar-refractivity contribution in [2.75, 3.05) is 14.2 Å². The van der Waals surface area contributed by atoms with Gasteiger partial charge in [0.25, 0.3) is 0 Å². The Labute approximate surface area is 124 Å². The SMILES string of the molecule is COc1cc2nc(/N=C/c3cccs3)sc2cc1OC. The molecule has 0 fully saturated rings. The zero-order chi connectivity index (χ0) is 13.9.